The molecule has 1 atom stereocenters. The monoisotopic (exact) mass is 280 g/mol. The zero-order chi connectivity index (χ0) is 14.5. The molecule has 0 aliphatic heterocycles. The Labute approximate surface area is 113 Å². The van der Waals surface area contributed by atoms with E-state index in [2.05, 4.69) is 5.32 Å². The van der Waals surface area contributed by atoms with Gasteiger partial charge in [-0.25, -0.2) is 0 Å². The second kappa shape index (κ2) is 6.02. The fraction of sp³-hybridized carbons (Fsp3) is 0.250. The molecule has 0 aromatic carbocycles. The van der Waals surface area contributed by atoms with Crippen LogP contribution >= 0.6 is 0 Å². The van der Waals surface area contributed by atoms with E-state index in [0.717, 1.165) is 6.07 Å². The fourth-order valence-electron chi connectivity index (χ4n) is 1.59. The Bertz CT molecular complexity index is 589. The number of nitro groups is 1. The van der Waals surface area contributed by atoms with Crippen LogP contribution in [-0.4, -0.2) is 22.5 Å². The average Bonchev–Trinajstić information content (AvgIpc) is 3.09. The molecule has 2 aromatic heterocycles. The number of furan rings is 2. The normalized spacial score (nSPS) is 12.1. The van der Waals surface area contributed by atoms with Crippen LogP contribution in [-0.2, 0) is 0 Å². The van der Waals surface area contributed by atoms with Crippen LogP contribution < -0.4 is 5.32 Å². The predicted molar refractivity (Wildman–Crippen MR) is 66.0 cm³/mol. The summed E-state index contributed by atoms with van der Waals surface area (Å²) >= 11 is 0. The number of hydrogen-bond acceptors (Lipinski definition) is 6. The lowest BCUT2D eigenvalue weighted by molar-refractivity contribution is -0.402. The second-order valence-corrected chi connectivity index (χ2v) is 4.01. The number of nitrogens with one attached hydrogen (secondary N) is 1. The summed E-state index contributed by atoms with van der Waals surface area (Å²) in [5.74, 6) is -1.21. The molecule has 1 amide bonds. The van der Waals surface area contributed by atoms with Crippen molar-refractivity contribution in [3.63, 3.8) is 0 Å². The molecule has 0 aliphatic rings. The Kier molecular flexibility index (Phi) is 4.16. The third-order valence-corrected chi connectivity index (χ3v) is 2.63. The van der Waals surface area contributed by atoms with Crippen LogP contribution in [0.1, 0.15) is 28.6 Å². The Morgan fingerprint density at radius 3 is 2.85 bits per heavy atom. The number of rotatable bonds is 6. The maximum absolute atomic E-state index is 11.6. The molecule has 2 N–H and O–H groups in total. The van der Waals surface area contributed by atoms with Gasteiger partial charge in [0, 0.05) is 12.1 Å². The van der Waals surface area contributed by atoms with Crippen molar-refractivity contribution in [3.8, 4) is 0 Å². The molecule has 0 fully saturated rings. The van der Waals surface area contributed by atoms with E-state index in [1.165, 1.54) is 18.6 Å². The largest absolute Gasteiger partial charge is 0.472 e. The minimum Gasteiger partial charge on any atom is -0.472 e. The molecule has 0 saturated heterocycles. The molecular weight excluding hydrogens is 268 g/mol. The summed E-state index contributed by atoms with van der Waals surface area (Å²) in [5, 5.41) is 22.7. The molecule has 2 heterocycles. The Hall–Kier alpha value is -2.61. The first kappa shape index (κ1) is 13.8. The van der Waals surface area contributed by atoms with E-state index in [4.69, 9.17) is 8.83 Å². The number of amides is 1. The van der Waals surface area contributed by atoms with Gasteiger partial charge in [0.05, 0.1) is 24.7 Å². The van der Waals surface area contributed by atoms with Crippen LogP contribution in [0.5, 0.6) is 0 Å². The fourth-order valence-corrected chi connectivity index (χ4v) is 1.59. The number of hydrogen-bond donors (Lipinski definition) is 2. The van der Waals surface area contributed by atoms with Gasteiger partial charge in [0.15, 0.2) is 5.76 Å². The standard InChI is InChI=1S/C12H12N2O6/c15-9(8-4-6-19-7-8)3-5-13-12(16)10-1-2-11(20-10)14(17)18/h1-2,4,6-7,9,15H,3,5H2,(H,13,16). The number of nitrogens with zero attached hydrogens (tertiary/aromatic N) is 1. The number of carbonyl (C=O) groups excluding carboxylic acids is 1. The van der Waals surface area contributed by atoms with Gasteiger partial charge in [-0.2, -0.15) is 0 Å². The zero-order valence-electron chi connectivity index (χ0n) is 10.3. The Morgan fingerprint density at radius 2 is 2.25 bits per heavy atom. The van der Waals surface area contributed by atoms with E-state index in [-0.39, 0.29) is 18.7 Å². The van der Waals surface area contributed by atoms with Gasteiger partial charge < -0.3 is 19.3 Å². The van der Waals surface area contributed by atoms with Gasteiger partial charge in [-0.05, 0) is 18.6 Å². The molecule has 0 saturated carbocycles. The van der Waals surface area contributed by atoms with Crippen molar-refractivity contribution >= 4 is 11.8 Å². The van der Waals surface area contributed by atoms with Gasteiger partial charge in [0.2, 0.25) is 0 Å². The first-order chi connectivity index (χ1) is 9.58. The van der Waals surface area contributed by atoms with E-state index >= 15 is 0 Å². The van der Waals surface area contributed by atoms with Crippen molar-refractivity contribution in [1.29, 1.82) is 0 Å². The van der Waals surface area contributed by atoms with Crippen molar-refractivity contribution in [1.82, 2.24) is 5.32 Å². The smallest absolute Gasteiger partial charge is 0.433 e. The molecule has 0 spiro atoms. The van der Waals surface area contributed by atoms with E-state index in [1.807, 2.05) is 0 Å². The van der Waals surface area contributed by atoms with Crippen molar-refractivity contribution < 1.29 is 23.7 Å². The van der Waals surface area contributed by atoms with Crippen LogP contribution in [0.2, 0.25) is 0 Å². The molecule has 20 heavy (non-hydrogen) atoms. The molecule has 8 nitrogen and oxygen atoms in total. The van der Waals surface area contributed by atoms with Crippen molar-refractivity contribution in [2.75, 3.05) is 6.54 Å². The molecule has 0 aliphatic carbocycles. The van der Waals surface area contributed by atoms with Crippen LogP contribution in [0.3, 0.4) is 0 Å². The van der Waals surface area contributed by atoms with Crippen LogP contribution in [0.4, 0.5) is 5.88 Å². The third kappa shape index (κ3) is 3.23. The molecular formula is C12H12N2O6. The van der Waals surface area contributed by atoms with Gasteiger partial charge in [-0.15, -0.1) is 0 Å². The summed E-state index contributed by atoms with van der Waals surface area (Å²) in [4.78, 5) is 21.3. The van der Waals surface area contributed by atoms with E-state index in [1.54, 1.807) is 6.07 Å². The highest BCUT2D eigenvalue weighted by Crippen LogP contribution is 2.17. The van der Waals surface area contributed by atoms with Crippen molar-refractivity contribution in [2.45, 2.75) is 12.5 Å². The first-order valence-corrected chi connectivity index (χ1v) is 5.80. The van der Waals surface area contributed by atoms with Gasteiger partial charge in [0.25, 0.3) is 5.91 Å². The van der Waals surface area contributed by atoms with E-state index in [9.17, 15) is 20.0 Å². The van der Waals surface area contributed by atoms with Gasteiger partial charge in [-0.3, -0.25) is 14.9 Å². The van der Waals surface area contributed by atoms with Crippen LogP contribution in [0, 0.1) is 10.1 Å². The quantitative estimate of drug-likeness (QED) is 0.613. The maximum atomic E-state index is 11.6. The van der Waals surface area contributed by atoms with Gasteiger partial charge in [0.1, 0.15) is 4.92 Å². The maximum Gasteiger partial charge on any atom is 0.433 e. The van der Waals surface area contributed by atoms with Crippen molar-refractivity contribution in [2.24, 2.45) is 0 Å². The predicted octanol–water partition coefficient (Wildman–Crippen LogP) is 1.63. The summed E-state index contributed by atoms with van der Waals surface area (Å²) in [6.45, 7) is 0.194. The molecule has 1 unspecified atom stereocenters. The minimum atomic E-state index is -0.750. The van der Waals surface area contributed by atoms with Crippen LogP contribution in [0.15, 0.2) is 39.6 Å². The molecule has 106 valence electrons. The molecule has 2 aromatic rings. The van der Waals surface area contributed by atoms with Crippen LogP contribution in [0.25, 0.3) is 0 Å². The molecule has 2 rings (SSSR count). The summed E-state index contributed by atoms with van der Waals surface area (Å²) in [6.07, 6.45) is 2.40. The average molecular weight is 280 g/mol. The highest BCUT2D eigenvalue weighted by atomic mass is 16.6. The Morgan fingerprint density at radius 1 is 1.45 bits per heavy atom. The first-order valence-electron chi connectivity index (χ1n) is 5.80. The van der Waals surface area contributed by atoms with Crippen molar-refractivity contribution in [3.05, 3.63) is 52.2 Å². The minimum absolute atomic E-state index is 0.144. The lowest BCUT2D eigenvalue weighted by Crippen LogP contribution is -2.25. The summed E-state index contributed by atoms with van der Waals surface area (Å²) in [6, 6.07) is 3.96. The highest BCUT2D eigenvalue weighted by Gasteiger charge is 2.17. The zero-order valence-corrected chi connectivity index (χ0v) is 10.3. The summed E-state index contributed by atoms with van der Waals surface area (Å²) < 4.78 is 9.58. The highest BCUT2D eigenvalue weighted by molar-refractivity contribution is 5.91. The molecule has 8 heteroatoms. The summed E-state index contributed by atoms with van der Waals surface area (Å²) in [5.41, 5.74) is 0.618. The van der Waals surface area contributed by atoms with Gasteiger partial charge in [-0.1, -0.05) is 0 Å². The molecule has 0 radical (unpaired) electrons. The number of aliphatic hydroxyl groups excluding tert-OH is 1. The topological polar surface area (TPSA) is 119 Å². The Balaban J connectivity index is 1.81. The lowest BCUT2D eigenvalue weighted by Gasteiger charge is -2.08. The number of carbonyl (C=O) groups is 1. The third-order valence-electron chi connectivity index (χ3n) is 2.63. The van der Waals surface area contributed by atoms with Gasteiger partial charge >= 0.3 is 5.88 Å². The SMILES string of the molecule is O=C(NCCC(O)c1ccoc1)c1ccc([N+](=O)[O-])o1. The lowest BCUT2D eigenvalue weighted by atomic mass is 10.1. The second-order valence-electron chi connectivity index (χ2n) is 4.01. The molecule has 0 bridgehead atoms. The van der Waals surface area contributed by atoms with E-state index in [0.29, 0.717) is 5.56 Å². The summed E-state index contributed by atoms with van der Waals surface area (Å²) in [7, 11) is 0. The van der Waals surface area contributed by atoms with E-state index < -0.39 is 22.8 Å². The number of aliphatic hydroxyl groups is 1.